The van der Waals surface area contributed by atoms with Gasteiger partial charge in [-0.05, 0) is 45.4 Å². The largest absolute Gasteiger partial charge is 0.323 e. The molecule has 0 spiro atoms. The van der Waals surface area contributed by atoms with Gasteiger partial charge in [0.15, 0.2) is 0 Å². The summed E-state index contributed by atoms with van der Waals surface area (Å²) in [5.41, 5.74) is 1.33. The molecule has 2 heterocycles. The third-order valence-electron chi connectivity index (χ3n) is 3.90. The van der Waals surface area contributed by atoms with Gasteiger partial charge in [-0.3, -0.25) is 4.79 Å². The monoisotopic (exact) mass is 375 g/mol. The molecular formula is C18H18FN3OS2. The maximum Gasteiger partial charge on any atom is 0.237 e. The van der Waals surface area contributed by atoms with Crippen molar-refractivity contribution >= 4 is 44.9 Å². The average molecular weight is 375 g/mol. The predicted octanol–water partition coefficient (Wildman–Crippen LogP) is 4.87. The van der Waals surface area contributed by atoms with E-state index in [1.54, 1.807) is 36.5 Å². The van der Waals surface area contributed by atoms with Gasteiger partial charge in [0.1, 0.15) is 21.5 Å². The lowest BCUT2D eigenvalue weighted by atomic mass is 10.2. The number of hydrogen-bond acceptors (Lipinski definition) is 5. The Morgan fingerprint density at radius 2 is 1.96 bits per heavy atom. The van der Waals surface area contributed by atoms with Crippen LogP contribution in [0.2, 0.25) is 0 Å². The molecule has 3 aromatic rings. The van der Waals surface area contributed by atoms with E-state index in [0.717, 1.165) is 20.8 Å². The fourth-order valence-electron chi connectivity index (χ4n) is 2.42. The zero-order chi connectivity index (χ0) is 18.1. The number of carbonyl (C=O) groups is 1. The van der Waals surface area contributed by atoms with Gasteiger partial charge < -0.3 is 5.32 Å². The van der Waals surface area contributed by atoms with Crippen molar-refractivity contribution in [3.63, 3.8) is 0 Å². The lowest BCUT2D eigenvalue weighted by Gasteiger charge is -2.13. The van der Waals surface area contributed by atoms with Crippen molar-refractivity contribution in [2.75, 3.05) is 5.32 Å². The van der Waals surface area contributed by atoms with E-state index in [-0.39, 0.29) is 11.6 Å². The van der Waals surface area contributed by atoms with E-state index in [1.165, 1.54) is 22.7 Å². The van der Waals surface area contributed by atoms with Crippen molar-refractivity contribution in [1.82, 2.24) is 9.97 Å². The first kappa shape index (κ1) is 17.8. The number of thiophene rings is 1. The number of aryl methyl sites for hydroxylation is 3. The second-order valence-electron chi connectivity index (χ2n) is 5.77. The standard InChI is InChI=1S/C18H18FN3OS2/c1-9-10(2)24-17-15(9)18(21-12(4)20-17)25-11(3)16(23)22-14-8-6-5-7-13(14)19/h5-8,11H,1-4H3,(H,22,23)/t11-/m1/s1. The van der Waals surface area contributed by atoms with Crippen LogP contribution in [-0.2, 0) is 4.79 Å². The van der Waals surface area contributed by atoms with E-state index in [4.69, 9.17) is 0 Å². The number of aromatic nitrogens is 2. The average Bonchev–Trinajstić information content (AvgIpc) is 2.83. The highest BCUT2D eigenvalue weighted by molar-refractivity contribution is 8.00. The highest BCUT2D eigenvalue weighted by Crippen LogP contribution is 2.36. The van der Waals surface area contributed by atoms with Gasteiger partial charge in [-0.15, -0.1) is 11.3 Å². The number of nitrogens with zero attached hydrogens (tertiary/aromatic N) is 2. The third-order valence-corrected chi connectivity index (χ3v) is 6.08. The molecule has 0 saturated carbocycles. The molecule has 25 heavy (non-hydrogen) atoms. The number of thioether (sulfide) groups is 1. The molecule has 1 amide bonds. The van der Waals surface area contributed by atoms with Gasteiger partial charge in [-0.25, -0.2) is 14.4 Å². The van der Waals surface area contributed by atoms with Crippen LogP contribution < -0.4 is 5.32 Å². The van der Waals surface area contributed by atoms with Crippen molar-refractivity contribution in [2.24, 2.45) is 0 Å². The molecule has 2 aromatic heterocycles. The first-order valence-electron chi connectivity index (χ1n) is 7.83. The molecule has 7 heteroatoms. The van der Waals surface area contributed by atoms with Gasteiger partial charge in [0.2, 0.25) is 5.91 Å². The lowest BCUT2D eigenvalue weighted by Crippen LogP contribution is -2.23. The molecule has 1 aromatic carbocycles. The van der Waals surface area contributed by atoms with Crippen LogP contribution in [-0.4, -0.2) is 21.1 Å². The van der Waals surface area contributed by atoms with E-state index in [0.29, 0.717) is 5.82 Å². The summed E-state index contributed by atoms with van der Waals surface area (Å²) < 4.78 is 13.7. The molecule has 3 rings (SSSR count). The number of benzene rings is 1. The fraction of sp³-hybridized carbons (Fsp3) is 0.278. The number of para-hydroxylation sites is 1. The Balaban J connectivity index is 1.85. The van der Waals surface area contributed by atoms with Gasteiger partial charge in [0.25, 0.3) is 0 Å². The highest BCUT2D eigenvalue weighted by atomic mass is 32.2. The van der Waals surface area contributed by atoms with Crippen LogP contribution in [0.15, 0.2) is 29.3 Å². The Morgan fingerprint density at radius 3 is 2.68 bits per heavy atom. The summed E-state index contributed by atoms with van der Waals surface area (Å²) in [6.45, 7) is 7.73. The molecule has 0 aliphatic heterocycles. The van der Waals surface area contributed by atoms with Crippen LogP contribution in [0.4, 0.5) is 10.1 Å². The van der Waals surface area contributed by atoms with Crippen LogP contribution in [0.3, 0.4) is 0 Å². The number of amides is 1. The number of hydrogen-bond donors (Lipinski definition) is 1. The van der Waals surface area contributed by atoms with Gasteiger partial charge in [-0.1, -0.05) is 23.9 Å². The molecule has 1 N–H and O–H groups in total. The molecule has 130 valence electrons. The van der Waals surface area contributed by atoms with Crippen molar-refractivity contribution in [2.45, 2.75) is 38.0 Å². The van der Waals surface area contributed by atoms with Crippen LogP contribution in [0.1, 0.15) is 23.2 Å². The van der Waals surface area contributed by atoms with Gasteiger partial charge >= 0.3 is 0 Å². The molecule has 4 nitrogen and oxygen atoms in total. The number of rotatable bonds is 4. The zero-order valence-electron chi connectivity index (χ0n) is 14.4. The zero-order valence-corrected chi connectivity index (χ0v) is 16.0. The van der Waals surface area contributed by atoms with Crippen molar-refractivity contribution < 1.29 is 9.18 Å². The molecule has 0 unspecified atom stereocenters. The number of halogens is 1. The summed E-state index contributed by atoms with van der Waals surface area (Å²) >= 11 is 3.00. The predicted molar refractivity (Wildman–Crippen MR) is 102 cm³/mol. The molecule has 0 aliphatic rings. The smallest absolute Gasteiger partial charge is 0.237 e. The lowest BCUT2D eigenvalue weighted by molar-refractivity contribution is -0.115. The van der Waals surface area contributed by atoms with Crippen LogP contribution >= 0.6 is 23.1 Å². The summed E-state index contributed by atoms with van der Waals surface area (Å²) in [5.74, 6) is -0.0280. The molecule has 0 saturated heterocycles. The van der Waals surface area contributed by atoms with Crippen molar-refractivity contribution in [3.05, 3.63) is 46.3 Å². The van der Waals surface area contributed by atoms with Crippen LogP contribution in [0.25, 0.3) is 10.2 Å². The highest BCUT2D eigenvalue weighted by Gasteiger charge is 2.21. The quantitative estimate of drug-likeness (QED) is 0.522. The van der Waals surface area contributed by atoms with Gasteiger partial charge in [-0.2, -0.15) is 0 Å². The summed E-state index contributed by atoms with van der Waals surface area (Å²) in [6.07, 6.45) is 0. The van der Waals surface area contributed by atoms with E-state index >= 15 is 0 Å². The summed E-state index contributed by atoms with van der Waals surface area (Å²) in [7, 11) is 0. The van der Waals surface area contributed by atoms with Crippen molar-refractivity contribution in [3.8, 4) is 0 Å². The summed E-state index contributed by atoms with van der Waals surface area (Å²) in [5, 5.41) is 4.01. The molecule has 0 aliphatic carbocycles. The molecular weight excluding hydrogens is 357 g/mol. The topological polar surface area (TPSA) is 54.9 Å². The molecule has 1 atom stereocenters. The Labute approximate surface area is 153 Å². The Hall–Kier alpha value is -1.99. The molecule has 0 fully saturated rings. The Kier molecular flexibility index (Phi) is 5.06. The van der Waals surface area contributed by atoms with Crippen molar-refractivity contribution in [1.29, 1.82) is 0 Å². The first-order chi connectivity index (χ1) is 11.9. The Bertz CT molecular complexity index is 955. The minimum atomic E-state index is -0.447. The second-order valence-corrected chi connectivity index (χ2v) is 8.30. The van der Waals surface area contributed by atoms with Crippen LogP contribution in [0, 0.1) is 26.6 Å². The number of anilines is 1. The summed E-state index contributed by atoms with van der Waals surface area (Å²) in [6, 6.07) is 6.14. The van der Waals surface area contributed by atoms with E-state index in [2.05, 4.69) is 22.2 Å². The maximum absolute atomic E-state index is 13.7. The molecule has 0 radical (unpaired) electrons. The number of fused-ring (bicyclic) bond motifs is 1. The van der Waals surface area contributed by atoms with Gasteiger partial charge in [0.05, 0.1) is 10.9 Å². The third kappa shape index (κ3) is 3.67. The number of carbonyl (C=O) groups excluding carboxylic acids is 1. The SMILES string of the molecule is Cc1nc(S[C@H](C)C(=O)Nc2ccccc2F)c2c(C)c(C)sc2n1. The first-order valence-corrected chi connectivity index (χ1v) is 9.53. The second kappa shape index (κ2) is 7.09. The van der Waals surface area contributed by atoms with E-state index < -0.39 is 11.1 Å². The van der Waals surface area contributed by atoms with E-state index in [9.17, 15) is 9.18 Å². The minimum absolute atomic E-state index is 0.187. The fourth-order valence-corrected chi connectivity index (χ4v) is 4.61. The maximum atomic E-state index is 13.7. The summed E-state index contributed by atoms with van der Waals surface area (Å²) in [4.78, 5) is 23.6. The minimum Gasteiger partial charge on any atom is -0.323 e. The molecule has 0 bridgehead atoms. The number of nitrogens with one attached hydrogen (secondary N) is 1. The van der Waals surface area contributed by atoms with Crippen LogP contribution in [0.5, 0.6) is 0 Å². The van der Waals surface area contributed by atoms with Gasteiger partial charge in [0, 0.05) is 10.3 Å². The Morgan fingerprint density at radius 1 is 1.24 bits per heavy atom. The van der Waals surface area contributed by atoms with E-state index in [1.807, 2.05) is 13.8 Å². The normalized spacial score (nSPS) is 12.4.